The van der Waals surface area contributed by atoms with Crippen LogP contribution in [0.3, 0.4) is 0 Å². The summed E-state index contributed by atoms with van der Waals surface area (Å²) in [6, 6.07) is 34.8. The molecule has 4 aromatic rings. The summed E-state index contributed by atoms with van der Waals surface area (Å²) in [7, 11) is 2.51. The molecule has 0 aliphatic carbocycles. The summed E-state index contributed by atoms with van der Waals surface area (Å²) in [5, 5.41) is 15.7. The summed E-state index contributed by atoms with van der Waals surface area (Å²) in [4.78, 5) is 30.1. The van der Waals surface area contributed by atoms with Crippen molar-refractivity contribution in [3.05, 3.63) is 154 Å². The lowest BCUT2D eigenvalue weighted by molar-refractivity contribution is -0.344. The van der Waals surface area contributed by atoms with Crippen LogP contribution in [0.5, 0.6) is 0 Å². The first kappa shape index (κ1) is 41.4. The van der Waals surface area contributed by atoms with Crippen molar-refractivity contribution < 1.29 is 57.3 Å². The molecule has 0 saturated carbocycles. The highest BCUT2D eigenvalue weighted by molar-refractivity contribution is 5.89. The number of carbonyl (C=O) groups is 2. The molecule has 2 aliphatic heterocycles. The lowest BCUT2D eigenvalue weighted by Gasteiger charge is -2.48. The van der Waals surface area contributed by atoms with E-state index < -0.39 is 73.3 Å². The average Bonchev–Trinajstić information content (AvgIpc) is 3.25. The van der Waals surface area contributed by atoms with Crippen molar-refractivity contribution in [2.24, 2.45) is 5.11 Å². The number of esters is 2. The van der Waals surface area contributed by atoms with Gasteiger partial charge in [-0.3, -0.25) is 0 Å². The van der Waals surface area contributed by atoms with Crippen LogP contribution in [0.1, 0.15) is 27.0 Å². The SMILES string of the molecule is COC(=O)[C@@H]1O[C@H](OC)C(OC(=O)c2ccccc2)C(OCc2ccccc2)[C@@H]1O[C@H]1OC(COCc2ccccc2)[C@@H](O)[C@@H](OCc2ccccc2)C1N=[N+]=[N-]. The number of nitrogens with zero attached hydrogens (tertiary/aromatic N) is 3. The van der Waals surface area contributed by atoms with E-state index in [1.807, 2.05) is 91.0 Å². The fourth-order valence-corrected chi connectivity index (χ4v) is 6.62. The Bertz CT molecular complexity index is 1890. The Kier molecular flexibility index (Phi) is 15.1. The van der Waals surface area contributed by atoms with Crippen LogP contribution < -0.4 is 0 Å². The van der Waals surface area contributed by atoms with Gasteiger partial charge in [-0.2, -0.15) is 0 Å². The maximum Gasteiger partial charge on any atom is 0.338 e. The number of hydrogen-bond donors (Lipinski definition) is 1. The Balaban J connectivity index is 1.36. The molecule has 0 bridgehead atoms. The van der Waals surface area contributed by atoms with Gasteiger partial charge in [-0.15, -0.1) is 0 Å². The highest BCUT2D eigenvalue weighted by Gasteiger charge is 2.56. The molecule has 15 nitrogen and oxygen atoms in total. The molecule has 300 valence electrons. The van der Waals surface area contributed by atoms with Gasteiger partial charge in [-0.1, -0.05) is 114 Å². The lowest BCUT2D eigenvalue weighted by atomic mass is 9.95. The minimum absolute atomic E-state index is 0.0160. The highest BCUT2D eigenvalue weighted by Crippen LogP contribution is 2.35. The number of aliphatic hydroxyl groups is 1. The van der Waals surface area contributed by atoms with Gasteiger partial charge >= 0.3 is 11.9 Å². The Morgan fingerprint density at radius 1 is 0.702 bits per heavy atom. The van der Waals surface area contributed by atoms with Gasteiger partial charge < -0.3 is 47.7 Å². The van der Waals surface area contributed by atoms with Crippen molar-refractivity contribution in [3.63, 3.8) is 0 Å². The summed E-state index contributed by atoms with van der Waals surface area (Å²) >= 11 is 0. The van der Waals surface area contributed by atoms with E-state index in [-0.39, 0.29) is 32.0 Å². The summed E-state index contributed by atoms with van der Waals surface area (Å²) in [6.45, 7) is 0.107. The zero-order chi connectivity index (χ0) is 40.0. The van der Waals surface area contributed by atoms with Gasteiger partial charge in [0.2, 0.25) is 0 Å². The molecule has 4 aromatic carbocycles. The average molecular weight is 784 g/mol. The summed E-state index contributed by atoms with van der Waals surface area (Å²) in [5.74, 6) is -1.58. The number of aliphatic hydroxyl groups excluding tert-OH is 1. The molecule has 1 N–H and O–H groups in total. The van der Waals surface area contributed by atoms with E-state index in [0.29, 0.717) is 0 Å². The lowest BCUT2D eigenvalue weighted by Crippen LogP contribution is -2.66. The first-order chi connectivity index (χ1) is 27.9. The van der Waals surface area contributed by atoms with Crippen LogP contribution in [0.15, 0.2) is 126 Å². The van der Waals surface area contributed by atoms with Crippen molar-refractivity contribution in [2.75, 3.05) is 20.8 Å². The second-order valence-corrected chi connectivity index (χ2v) is 13.3. The molecule has 0 amide bonds. The number of rotatable bonds is 17. The Labute approximate surface area is 329 Å². The van der Waals surface area contributed by atoms with Crippen molar-refractivity contribution in [1.29, 1.82) is 0 Å². The van der Waals surface area contributed by atoms with Gasteiger partial charge in [-0.05, 0) is 34.4 Å². The van der Waals surface area contributed by atoms with Gasteiger partial charge in [0, 0.05) is 12.0 Å². The van der Waals surface area contributed by atoms with Crippen LogP contribution in [-0.4, -0.2) is 99.2 Å². The topological polar surface area (TPSA) is 186 Å². The van der Waals surface area contributed by atoms with Crippen molar-refractivity contribution in [3.8, 4) is 0 Å². The maximum atomic E-state index is 13.6. The molecule has 0 aromatic heterocycles. The monoisotopic (exact) mass is 783 g/mol. The minimum Gasteiger partial charge on any atom is -0.467 e. The molecule has 0 spiro atoms. The Morgan fingerprint density at radius 3 is 1.79 bits per heavy atom. The van der Waals surface area contributed by atoms with Crippen molar-refractivity contribution in [2.45, 2.75) is 81.2 Å². The standard InChI is InChI=1S/C42H45N3O12/c1-49-40(48)37-36(35(53-25-29-19-11-5-12-20-29)38(42(50-2)57-37)55-39(47)30-21-13-6-14-22-30)56-41-32(44-45-43)34(52-24-28-17-9-4-10-18-28)33(46)31(54-41)26-51-23-27-15-7-3-8-16-27/h3-22,31-38,41-42,46H,23-26H2,1-2H3/t31?,32?,33-,34+,35?,36+,37-,38?,41-,42+/m1/s1. The number of ether oxygens (including phenoxy) is 9. The predicted molar refractivity (Wildman–Crippen MR) is 202 cm³/mol. The largest absolute Gasteiger partial charge is 0.467 e. The Morgan fingerprint density at radius 2 is 1.25 bits per heavy atom. The first-order valence-corrected chi connectivity index (χ1v) is 18.4. The van der Waals surface area contributed by atoms with Crippen LogP contribution in [-0.2, 0) is 67.2 Å². The molecule has 4 unspecified atom stereocenters. The smallest absolute Gasteiger partial charge is 0.338 e. The van der Waals surface area contributed by atoms with Crippen LogP contribution >= 0.6 is 0 Å². The van der Waals surface area contributed by atoms with E-state index in [2.05, 4.69) is 10.0 Å². The fourth-order valence-electron chi connectivity index (χ4n) is 6.62. The molecule has 6 rings (SSSR count). The minimum atomic E-state index is -1.54. The van der Waals surface area contributed by atoms with E-state index >= 15 is 0 Å². The molecule has 2 saturated heterocycles. The zero-order valence-corrected chi connectivity index (χ0v) is 31.4. The third kappa shape index (κ3) is 10.8. The Hall–Kier alpha value is -5.19. The van der Waals surface area contributed by atoms with E-state index in [4.69, 9.17) is 42.6 Å². The number of azide groups is 1. The van der Waals surface area contributed by atoms with E-state index in [0.717, 1.165) is 16.7 Å². The molecular weight excluding hydrogens is 738 g/mol. The van der Waals surface area contributed by atoms with Crippen LogP contribution in [0, 0.1) is 0 Å². The van der Waals surface area contributed by atoms with Crippen LogP contribution in [0.2, 0.25) is 0 Å². The van der Waals surface area contributed by atoms with Gasteiger partial charge in [0.15, 0.2) is 24.8 Å². The number of methoxy groups -OCH3 is 2. The molecule has 2 fully saturated rings. The van der Waals surface area contributed by atoms with Gasteiger partial charge in [0.25, 0.3) is 0 Å². The van der Waals surface area contributed by atoms with Crippen molar-refractivity contribution >= 4 is 11.9 Å². The normalized spacial score (nSPS) is 27.1. The molecule has 15 heteroatoms. The third-order valence-electron chi connectivity index (χ3n) is 9.50. The fraction of sp³-hybridized carbons (Fsp3) is 0.381. The molecule has 10 atom stereocenters. The molecule has 2 aliphatic rings. The quantitative estimate of drug-likeness (QED) is 0.0632. The number of carbonyl (C=O) groups excluding carboxylic acids is 2. The highest BCUT2D eigenvalue weighted by atomic mass is 16.8. The van der Waals surface area contributed by atoms with Crippen molar-refractivity contribution in [1.82, 2.24) is 0 Å². The van der Waals surface area contributed by atoms with E-state index in [9.17, 15) is 20.2 Å². The van der Waals surface area contributed by atoms with Gasteiger partial charge in [0.05, 0.1) is 45.2 Å². The van der Waals surface area contributed by atoms with E-state index in [1.165, 1.54) is 14.2 Å². The summed E-state index contributed by atoms with van der Waals surface area (Å²) in [5.41, 5.74) is 12.5. The number of benzene rings is 4. The molecule has 57 heavy (non-hydrogen) atoms. The second kappa shape index (κ2) is 20.8. The van der Waals surface area contributed by atoms with E-state index in [1.54, 1.807) is 30.3 Å². The zero-order valence-electron chi connectivity index (χ0n) is 31.4. The molecule has 2 heterocycles. The third-order valence-corrected chi connectivity index (χ3v) is 9.50. The molecule has 0 radical (unpaired) electrons. The second-order valence-electron chi connectivity index (χ2n) is 13.3. The summed E-state index contributed by atoms with van der Waals surface area (Å²) in [6.07, 6.45) is -12.0. The van der Waals surface area contributed by atoms with Crippen LogP contribution in [0.4, 0.5) is 0 Å². The molecular formula is C42H45N3O12. The predicted octanol–water partition coefficient (Wildman–Crippen LogP) is 5.29. The van der Waals surface area contributed by atoms with Gasteiger partial charge in [-0.25, -0.2) is 9.59 Å². The summed E-state index contributed by atoms with van der Waals surface area (Å²) < 4.78 is 54.7. The first-order valence-electron chi connectivity index (χ1n) is 18.4. The number of hydrogen-bond acceptors (Lipinski definition) is 13. The van der Waals surface area contributed by atoms with Crippen LogP contribution in [0.25, 0.3) is 10.4 Å². The van der Waals surface area contributed by atoms with Gasteiger partial charge in [0.1, 0.15) is 30.5 Å². The maximum absolute atomic E-state index is 13.6.